The molecule has 0 saturated carbocycles. The Balaban J connectivity index is 2.07. The van der Waals surface area contributed by atoms with E-state index < -0.39 is 0 Å². The molecule has 1 aromatic heterocycles. The number of ether oxygens (including phenoxy) is 1. The summed E-state index contributed by atoms with van der Waals surface area (Å²) in [7, 11) is 1.69. The summed E-state index contributed by atoms with van der Waals surface area (Å²) < 4.78 is 6.95. The third-order valence-corrected chi connectivity index (χ3v) is 2.48. The summed E-state index contributed by atoms with van der Waals surface area (Å²) in [5, 5.41) is 4.39. The number of aromatic nitrogens is 3. The fraction of sp³-hybridized carbons (Fsp3) is 0.778. The van der Waals surface area contributed by atoms with Gasteiger partial charge < -0.3 is 10.5 Å². The Bertz CT molecular complexity index is 310. The molecule has 14 heavy (non-hydrogen) atoms. The first-order chi connectivity index (χ1) is 6.79. The Kier molecular flexibility index (Phi) is 2.79. The van der Waals surface area contributed by atoms with Crippen LogP contribution in [0.25, 0.3) is 0 Å². The van der Waals surface area contributed by atoms with Crippen molar-refractivity contribution in [2.45, 2.75) is 31.8 Å². The fourth-order valence-electron chi connectivity index (χ4n) is 1.68. The topological polar surface area (TPSA) is 66.0 Å². The molecule has 0 saturated heterocycles. The van der Waals surface area contributed by atoms with Crippen LogP contribution < -0.4 is 5.73 Å². The second-order valence-electron chi connectivity index (χ2n) is 3.66. The molecule has 1 aromatic rings. The van der Waals surface area contributed by atoms with Gasteiger partial charge in [0, 0.05) is 32.5 Å². The molecule has 0 spiro atoms. The number of fused-ring (bicyclic) bond motifs is 1. The van der Waals surface area contributed by atoms with Crippen molar-refractivity contribution < 1.29 is 4.74 Å². The summed E-state index contributed by atoms with van der Waals surface area (Å²) in [6.07, 6.45) is 2.63. The second-order valence-corrected chi connectivity index (χ2v) is 3.66. The molecule has 1 atom stereocenters. The third-order valence-electron chi connectivity index (χ3n) is 2.48. The van der Waals surface area contributed by atoms with Crippen LogP contribution in [0.2, 0.25) is 0 Å². The Morgan fingerprint density at radius 1 is 1.64 bits per heavy atom. The molecular weight excluding hydrogens is 180 g/mol. The fourth-order valence-corrected chi connectivity index (χ4v) is 1.68. The van der Waals surface area contributed by atoms with Crippen molar-refractivity contribution >= 4 is 0 Å². The van der Waals surface area contributed by atoms with Gasteiger partial charge in [-0.15, -0.1) is 0 Å². The molecule has 2 heterocycles. The van der Waals surface area contributed by atoms with Gasteiger partial charge in [-0.25, -0.2) is 9.67 Å². The highest BCUT2D eigenvalue weighted by Gasteiger charge is 2.18. The third kappa shape index (κ3) is 1.93. The molecule has 5 heteroatoms. The number of nitrogens with zero attached hydrogens (tertiary/aromatic N) is 3. The minimum Gasteiger partial charge on any atom is -0.384 e. The predicted molar refractivity (Wildman–Crippen MR) is 51.9 cm³/mol. The lowest BCUT2D eigenvalue weighted by Crippen LogP contribution is -2.31. The summed E-state index contributed by atoms with van der Waals surface area (Å²) in [6.45, 7) is 1.58. The van der Waals surface area contributed by atoms with Crippen LogP contribution in [-0.4, -0.2) is 34.5 Å². The molecule has 0 bridgehead atoms. The molecule has 0 fully saturated rings. The van der Waals surface area contributed by atoms with Crippen molar-refractivity contribution in [2.24, 2.45) is 5.73 Å². The van der Waals surface area contributed by atoms with E-state index in [4.69, 9.17) is 10.5 Å². The lowest BCUT2D eigenvalue weighted by Gasteiger charge is -2.17. The average Bonchev–Trinajstić information content (AvgIpc) is 2.56. The zero-order valence-electron chi connectivity index (χ0n) is 8.44. The zero-order valence-corrected chi connectivity index (χ0v) is 8.44. The number of hydrogen-bond acceptors (Lipinski definition) is 4. The Labute approximate surface area is 83.3 Å². The monoisotopic (exact) mass is 196 g/mol. The highest BCUT2D eigenvalue weighted by Crippen LogP contribution is 2.11. The molecule has 78 valence electrons. The Morgan fingerprint density at radius 2 is 2.50 bits per heavy atom. The summed E-state index contributed by atoms with van der Waals surface area (Å²) in [4.78, 5) is 4.43. The van der Waals surface area contributed by atoms with Crippen molar-refractivity contribution in [3.05, 3.63) is 11.6 Å². The number of aryl methyl sites for hydroxylation is 1. The first-order valence-electron chi connectivity index (χ1n) is 4.96. The van der Waals surface area contributed by atoms with Crippen molar-refractivity contribution in [3.8, 4) is 0 Å². The van der Waals surface area contributed by atoms with E-state index in [2.05, 4.69) is 10.1 Å². The van der Waals surface area contributed by atoms with Crippen molar-refractivity contribution in [1.82, 2.24) is 14.8 Å². The van der Waals surface area contributed by atoms with Crippen LogP contribution >= 0.6 is 0 Å². The minimum absolute atomic E-state index is 0.252. The second kappa shape index (κ2) is 4.06. The summed E-state index contributed by atoms with van der Waals surface area (Å²) in [6, 6.07) is 0.252. The number of nitrogens with two attached hydrogens (primary N) is 1. The molecule has 2 rings (SSSR count). The standard InChI is InChI=1S/C9H16N4O/c1-14-5-3-8-11-9-6-7(10)2-4-13(9)12-8/h7H,2-6,10H2,1H3. The largest absolute Gasteiger partial charge is 0.384 e. The molecule has 2 N–H and O–H groups in total. The van der Waals surface area contributed by atoms with Gasteiger partial charge in [0.15, 0.2) is 5.82 Å². The van der Waals surface area contributed by atoms with Crippen LogP contribution in [0.3, 0.4) is 0 Å². The van der Waals surface area contributed by atoms with Gasteiger partial charge >= 0.3 is 0 Å². The van der Waals surface area contributed by atoms with E-state index in [0.717, 1.165) is 37.5 Å². The van der Waals surface area contributed by atoms with Crippen LogP contribution in [-0.2, 0) is 24.1 Å². The van der Waals surface area contributed by atoms with Gasteiger partial charge in [-0.1, -0.05) is 0 Å². The predicted octanol–water partition coefficient (Wildman–Crippen LogP) is -0.259. The van der Waals surface area contributed by atoms with Gasteiger partial charge in [0.1, 0.15) is 5.82 Å². The van der Waals surface area contributed by atoms with Gasteiger partial charge in [0.2, 0.25) is 0 Å². The smallest absolute Gasteiger partial charge is 0.153 e. The maximum Gasteiger partial charge on any atom is 0.153 e. The van der Waals surface area contributed by atoms with E-state index in [-0.39, 0.29) is 6.04 Å². The van der Waals surface area contributed by atoms with Gasteiger partial charge in [-0.2, -0.15) is 5.10 Å². The molecule has 0 aromatic carbocycles. The summed E-state index contributed by atoms with van der Waals surface area (Å²) in [5.41, 5.74) is 5.85. The van der Waals surface area contributed by atoms with Crippen LogP contribution in [0.15, 0.2) is 0 Å². The molecule has 0 amide bonds. The molecule has 0 radical (unpaired) electrons. The van der Waals surface area contributed by atoms with Gasteiger partial charge in [0.25, 0.3) is 0 Å². The summed E-state index contributed by atoms with van der Waals surface area (Å²) in [5.74, 6) is 1.89. The maximum atomic E-state index is 5.85. The molecule has 1 aliphatic heterocycles. The first-order valence-corrected chi connectivity index (χ1v) is 4.96. The van der Waals surface area contributed by atoms with Gasteiger partial charge in [-0.3, -0.25) is 0 Å². The highest BCUT2D eigenvalue weighted by molar-refractivity contribution is 4.98. The van der Waals surface area contributed by atoms with Crippen molar-refractivity contribution in [3.63, 3.8) is 0 Å². The van der Waals surface area contributed by atoms with E-state index in [1.165, 1.54) is 0 Å². The first kappa shape index (κ1) is 9.61. The zero-order chi connectivity index (χ0) is 9.97. The summed E-state index contributed by atoms with van der Waals surface area (Å²) >= 11 is 0. The van der Waals surface area contributed by atoms with E-state index >= 15 is 0 Å². The number of hydrogen-bond donors (Lipinski definition) is 1. The average molecular weight is 196 g/mol. The lowest BCUT2D eigenvalue weighted by atomic mass is 10.1. The molecular formula is C9H16N4O. The number of methoxy groups -OCH3 is 1. The van der Waals surface area contributed by atoms with Crippen molar-refractivity contribution in [1.29, 1.82) is 0 Å². The maximum absolute atomic E-state index is 5.85. The van der Waals surface area contributed by atoms with E-state index in [0.29, 0.717) is 6.61 Å². The van der Waals surface area contributed by atoms with E-state index in [1.54, 1.807) is 7.11 Å². The Hall–Kier alpha value is -0.940. The molecule has 0 aliphatic carbocycles. The van der Waals surface area contributed by atoms with Crippen molar-refractivity contribution in [2.75, 3.05) is 13.7 Å². The quantitative estimate of drug-likeness (QED) is 0.723. The van der Waals surface area contributed by atoms with Crippen LogP contribution in [0.5, 0.6) is 0 Å². The Morgan fingerprint density at radius 3 is 3.29 bits per heavy atom. The van der Waals surface area contributed by atoms with Crippen LogP contribution in [0.1, 0.15) is 18.1 Å². The van der Waals surface area contributed by atoms with E-state index in [1.807, 2.05) is 4.68 Å². The SMILES string of the molecule is COCCc1nc2n(n1)CCC(N)C2. The molecule has 1 aliphatic rings. The van der Waals surface area contributed by atoms with Crippen LogP contribution in [0.4, 0.5) is 0 Å². The number of rotatable bonds is 3. The lowest BCUT2D eigenvalue weighted by molar-refractivity contribution is 0.200. The van der Waals surface area contributed by atoms with Gasteiger partial charge in [0.05, 0.1) is 6.61 Å². The van der Waals surface area contributed by atoms with Crippen LogP contribution in [0, 0.1) is 0 Å². The molecule has 1 unspecified atom stereocenters. The van der Waals surface area contributed by atoms with E-state index in [9.17, 15) is 0 Å². The van der Waals surface area contributed by atoms with Gasteiger partial charge in [-0.05, 0) is 6.42 Å². The minimum atomic E-state index is 0.252. The normalized spacial score (nSPS) is 20.9. The molecule has 5 nitrogen and oxygen atoms in total. The highest BCUT2D eigenvalue weighted by atomic mass is 16.5.